The summed E-state index contributed by atoms with van der Waals surface area (Å²) >= 11 is 0. The summed E-state index contributed by atoms with van der Waals surface area (Å²) in [4.78, 5) is 11.0. The van der Waals surface area contributed by atoms with Crippen molar-refractivity contribution in [2.75, 3.05) is 13.1 Å². The van der Waals surface area contributed by atoms with Crippen molar-refractivity contribution in [1.82, 2.24) is 10.0 Å². The van der Waals surface area contributed by atoms with Gasteiger partial charge in [0.15, 0.2) is 5.25 Å². The van der Waals surface area contributed by atoms with Crippen LogP contribution in [0.5, 0.6) is 0 Å². The van der Waals surface area contributed by atoms with E-state index in [4.69, 9.17) is 5.26 Å². The summed E-state index contributed by atoms with van der Waals surface area (Å²) in [6.07, 6.45) is 0.785. The molecule has 0 aliphatic heterocycles. The average Bonchev–Trinajstić information content (AvgIpc) is 2.22. The van der Waals surface area contributed by atoms with E-state index in [-0.39, 0.29) is 6.54 Å². The van der Waals surface area contributed by atoms with Crippen LogP contribution in [-0.4, -0.2) is 32.7 Å². The van der Waals surface area contributed by atoms with Gasteiger partial charge in [0.05, 0.1) is 12.6 Å². The lowest BCUT2D eigenvalue weighted by molar-refractivity contribution is -0.119. The van der Waals surface area contributed by atoms with E-state index in [2.05, 4.69) is 10.0 Å². The normalized spacial score (nSPS) is 12.9. The van der Waals surface area contributed by atoms with Crippen molar-refractivity contribution in [3.8, 4) is 6.07 Å². The van der Waals surface area contributed by atoms with Crippen LogP contribution in [0.4, 0.5) is 0 Å². The minimum atomic E-state index is -3.70. The second-order valence-electron chi connectivity index (χ2n) is 2.99. The highest BCUT2D eigenvalue weighted by Crippen LogP contribution is 1.94. The number of sulfonamides is 1. The van der Waals surface area contributed by atoms with Gasteiger partial charge in [0, 0.05) is 6.54 Å². The lowest BCUT2D eigenvalue weighted by Crippen LogP contribution is -2.40. The smallest absolute Gasteiger partial charge is 0.235 e. The Kier molecular flexibility index (Phi) is 5.89. The highest BCUT2D eigenvalue weighted by molar-refractivity contribution is 7.90. The predicted octanol–water partition coefficient (Wildman–Crippen LogP) is -0.656. The number of hydrogen-bond donors (Lipinski definition) is 2. The molecule has 6 nitrogen and oxygen atoms in total. The molecule has 0 bridgehead atoms. The van der Waals surface area contributed by atoms with Crippen LogP contribution in [-0.2, 0) is 14.8 Å². The molecule has 86 valence electrons. The third kappa shape index (κ3) is 5.34. The summed E-state index contributed by atoms with van der Waals surface area (Å²) < 4.78 is 24.5. The summed E-state index contributed by atoms with van der Waals surface area (Å²) in [7, 11) is -3.70. The van der Waals surface area contributed by atoms with Crippen LogP contribution in [0.15, 0.2) is 0 Å². The minimum absolute atomic E-state index is 0.325. The lowest BCUT2D eigenvalue weighted by Gasteiger charge is -2.07. The molecule has 7 heteroatoms. The van der Waals surface area contributed by atoms with Gasteiger partial charge in [-0.05, 0) is 13.3 Å². The van der Waals surface area contributed by atoms with Crippen molar-refractivity contribution in [3.05, 3.63) is 0 Å². The molecule has 0 heterocycles. The van der Waals surface area contributed by atoms with Crippen molar-refractivity contribution in [1.29, 1.82) is 5.26 Å². The SMILES string of the molecule is CCCNC(=O)CNS(=O)(=O)C(C)C#N. The highest BCUT2D eigenvalue weighted by Gasteiger charge is 2.20. The van der Waals surface area contributed by atoms with E-state index in [0.29, 0.717) is 6.54 Å². The Morgan fingerprint density at radius 2 is 2.13 bits per heavy atom. The van der Waals surface area contributed by atoms with Gasteiger partial charge in [-0.3, -0.25) is 4.79 Å². The van der Waals surface area contributed by atoms with Crippen LogP contribution in [0, 0.1) is 11.3 Å². The fourth-order valence-corrected chi connectivity index (χ4v) is 1.41. The number of carbonyl (C=O) groups excluding carboxylic acids is 1. The first kappa shape index (κ1) is 13.9. The molecule has 0 aromatic carbocycles. The first-order valence-corrected chi connectivity index (χ1v) is 6.13. The molecular formula is C8H15N3O3S. The second-order valence-corrected chi connectivity index (χ2v) is 5.07. The number of carbonyl (C=O) groups is 1. The molecule has 0 aliphatic carbocycles. The predicted molar refractivity (Wildman–Crippen MR) is 55.3 cm³/mol. The maximum absolute atomic E-state index is 11.2. The van der Waals surface area contributed by atoms with Crippen LogP contribution in [0.1, 0.15) is 20.3 Å². The fraction of sp³-hybridized carbons (Fsp3) is 0.750. The van der Waals surface area contributed by atoms with E-state index >= 15 is 0 Å². The number of nitrogens with one attached hydrogen (secondary N) is 2. The first-order chi connectivity index (χ1) is 6.94. The summed E-state index contributed by atoms with van der Waals surface area (Å²) in [5.41, 5.74) is 0. The van der Waals surface area contributed by atoms with E-state index in [0.717, 1.165) is 6.42 Å². The van der Waals surface area contributed by atoms with Gasteiger partial charge in [0.1, 0.15) is 0 Å². The summed E-state index contributed by atoms with van der Waals surface area (Å²) in [6.45, 7) is 3.33. The fourth-order valence-electron chi connectivity index (χ4n) is 0.687. The number of rotatable bonds is 6. The molecule has 0 saturated heterocycles. The summed E-state index contributed by atoms with van der Waals surface area (Å²) in [5, 5.41) is 9.76. The van der Waals surface area contributed by atoms with Crippen LogP contribution < -0.4 is 10.0 Å². The second kappa shape index (κ2) is 6.37. The van der Waals surface area contributed by atoms with Crippen LogP contribution in [0.2, 0.25) is 0 Å². The van der Waals surface area contributed by atoms with Gasteiger partial charge in [-0.25, -0.2) is 13.1 Å². The number of nitriles is 1. The molecule has 0 radical (unpaired) electrons. The molecule has 0 aromatic rings. The third-order valence-corrected chi connectivity index (χ3v) is 3.24. The zero-order chi connectivity index (χ0) is 11.9. The standard InChI is InChI=1S/C8H15N3O3S/c1-3-4-10-8(12)6-11-15(13,14)7(2)5-9/h7,11H,3-4,6H2,1-2H3,(H,10,12). The van der Waals surface area contributed by atoms with Gasteiger partial charge in [-0.15, -0.1) is 0 Å². The Bertz CT molecular complexity index is 345. The first-order valence-electron chi connectivity index (χ1n) is 4.58. The lowest BCUT2D eigenvalue weighted by atomic mass is 10.5. The number of amides is 1. The van der Waals surface area contributed by atoms with E-state index in [9.17, 15) is 13.2 Å². The van der Waals surface area contributed by atoms with Gasteiger partial charge in [-0.1, -0.05) is 6.92 Å². The number of nitrogens with zero attached hydrogens (tertiary/aromatic N) is 1. The molecule has 1 amide bonds. The van der Waals surface area contributed by atoms with E-state index in [1.54, 1.807) is 6.07 Å². The molecular weight excluding hydrogens is 218 g/mol. The quantitative estimate of drug-likeness (QED) is 0.636. The average molecular weight is 233 g/mol. The molecule has 1 unspecified atom stereocenters. The molecule has 0 rings (SSSR count). The van der Waals surface area contributed by atoms with Gasteiger partial charge < -0.3 is 5.32 Å². The maximum Gasteiger partial charge on any atom is 0.235 e. The van der Waals surface area contributed by atoms with Crippen LogP contribution in [0.3, 0.4) is 0 Å². The Morgan fingerprint density at radius 3 is 2.60 bits per heavy atom. The Labute approximate surface area is 89.7 Å². The molecule has 0 aromatic heterocycles. The van der Waals surface area contributed by atoms with Gasteiger partial charge in [0.25, 0.3) is 0 Å². The van der Waals surface area contributed by atoms with Crippen molar-refractivity contribution in [2.24, 2.45) is 0 Å². The largest absolute Gasteiger partial charge is 0.355 e. The molecule has 2 N–H and O–H groups in total. The van der Waals surface area contributed by atoms with E-state index < -0.39 is 21.2 Å². The van der Waals surface area contributed by atoms with E-state index in [1.165, 1.54) is 6.92 Å². The maximum atomic E-state index is 11.2. The Hall–Kier alpha value is -1.13. The summed E-state index contributed by atoms with van der Waals surface area (Å²) in [6, 6.07) is 1.59. The van der Waals surface area contributed by atoms with Crippen LogP contribution >= 0.6 is 0 Å². The van der Waals surface area contributed by atoms with Gasteiger partial charge in [0.2, 0.25) is 15.9 Å². The van der Waals surface area contributed by atoms with Crippen molar-refractivity contribution in [3.63, 3.8) is 0 Å². The van der Waals surface area contributed by atoms with E-state index in [1.807, 2.05) is 6.92 Å². The topological polar surface area (TPSA) is 99.1 Å². The van der Waals surface area contributed by atoms with Gasteiger partial charge >= 0.3 is 0 Å². The Balaban J connectivity index is 4.06. The molecule has 1 atom stereocenters. The molecule has 0 fully saturated rings. The van der Waals surface area contributed by atoms with Gasteiger partial charge in [-0.2, -0.15) is 5.26 Å². The molecule has 0 aliphatic rings. The third-order valence-electron chi connectivity index (χ3n) is 1.65. The monoisotopic (exact) mass is 233 g/mol. The van der Waals surface area contributed by atoms with Crippen molar-refractivity contribution < 1.29 is 13.2 Å². The Morgan fingerprint density at radius 1 is 1.53 bits per heavy atom. The zero-order valence-electron chi connectivity index (χ0n) is 8.78. The molecule has 0 saturated carbocycles. The molecule has 0 spiro atoms. The van der Waals surface area contributed by atoms with Crippen molar-refractivity contribution >= 4 is 15.9 Å². The minimum Gasteiger partial charge on any atom is -0.355 e. The number of hydrogen-bond acceptors (Lipinski definition) is 4. The summed E-state index contributed by atoms with van der Waals surface area (Å²) in [5.74, 6) is -0.398. The van der Waals surface area contributed by atoms with Crippen LogP contribution in [0.25, 0.3) is 0 Å². The zero-order valence-corrected chi connectivity index (χ0v) is 9.60. The molecule has 15 heavy (non-hydrogen) atoms. The van der Waals surface area contributed by atoms with Crippen molar-refractivity contribution in [2.45, 2.75) is 25.5 Å². The highest BCUT2D eigenvalue weighted by atomic mass is 32.2.